The van der Waals surface area contributed by atoms with Crippen LogP contribution in [0.2, 0.25) is 0 Å². The molecule has 0 unspecified atom stereocenters. The van der Waals surface area contributed by atoms with E-state index in [2.05, 4.69) is 13.8 Å². The van der Waals surface area contributed by atoms with Crippen LogP contribution in [0.25, 0.3) is 12.2 Å². The molecule has 0 bridgehead atoms. The van der Waals surface area contributed by atoms with Crippen molar-refractivity contribution in [3.63, 3.8) is 0 Å². The molecule has 0 aromatic heterocycles. The minimum Gasteiger partial charge on any atom is -0.508 e. The van der Waals surface area contributed by atoms with Crippen molar-refractivity contribution < 1.29 is 14.2 Å². The SMILES string of the molecule is CC1(OP=O)C=Cc2ccccc2C=C1.CCC.Oc1ccccc1. The summed E-state index contributed by atoms with van der Waals surface area (Å²) in [7, 11) is -0.303. The number of aromatic hydroxyl groups is 1. The lowest BCUT2D eigenvalue weighted by Gasteiger charge is -2.15. The highest BCUT2D eigenvalue weighted by Gasteiger charge is 2.20. The average molecular weight is 356 g/mol. The molecule has 1 aliphatic rings. The number of hydrogen-bond donors (Lipinski definition) is 1. The van der Waals surface area contributed by atoms with Crippen LogP contribution in [0.3, 0.4) is 0 Å². The highest BCUT2D eigenvalue weighted by atomic mass is 31.1. The van der Waals surface area contributed by atoms with E-state index < -0.39 is 5.60 Å². The van der Waals surface area contributed by atoms with E-state index in [9.17, 15) is 4.57 Å². The number of phenols is 1. The molecule has 0 aliphatic heterocycles. The molecule has 2 aromatic rings. The Morgan fingerprint density at radius 3 is 1.72 bits per heavy atom. The van der Waals surface area contributed by atoms with Crippen molar-refractivity contribution in [3.05, 3.63) is 77.9 Å². The number of benzene rings is 2. The Hall–Kier alpha value is -2.22. The summed E-state index contributed by atoms with van der Waals surface area (Å²) in [5.41, 5.74) is 1.69. The smallest absolute Gasteiger partial charge is 0.328 e. The van der Waals surface area contributed by atoms with Gasteiger partial charge in [0.05, 0.1) is 0 Å². The van der Waals surface area contributed by atoms with Crippen LogP contribution in [0.1, 0.15) is 38.3 Å². The molecule has 132 valence electrons. The molecule has 0 spiro atoms. The number of phenolic OH excluding ortho intramolecular Hbond substituents is 1. The maximum Gasteiger partial charge on any atom is 0.328 e. The van der Waals surface area contributed by atoms with Crippen molar-refractivity contribution in [3.8, 4) is 5.75 Å². The Morgan fingerprint density at radius 1 is 0.920 bits per heavy atom. The highest BCUT2D eigenvalue weighted by molar-refractivity contribution is 7.17. The van der Waals surface area contributed by atoms with Gasteiger partial charge in [-0.2, -0.15) is 0 Å². The van der Waals surface area contributed by atoms with E-state index in [4.69, 9.17) is 9.63 Å². The lowest BCUT2D eigenvalue weighted by molar-refractivity contribution is 0.217. The third kappa shape index (κ3) is 7.93. The zero-order valence-electron chi connectivity index (χ0n) is 14.9. The molecule has 4 heteroatoms. The van der Waals surface area contributed by atoms with Gasteiger partial charge in [-0.1, -0.05) is 74.9 Å². The predicted octanol–water partition coefficient (Wildman–Crippen LogP) is 6.52. The first-order chi connectivity index (χ1) is 12.0. The van der Waals surface area contributed by atoms with Gasteiger partial charge in [0.25, 0.3) is 0 Å². The first-order valence-corrected chi connectivity index (χ1v) is 9.00. The fourth-order valence-electron chi connectivity index (χ4n) is 1.95. The van der Waals surface area contributed by atoms with Crippen LogP contribution in [0.15, 0.2) is 66.7 Å². The molecule has 0 saturated carbocycles. The molecule has 1 aliphatic carbocycles. The lowest BCUT2D eigenvalue weighted by atomic mass is 10.1. The van der Waals surface area contributed by atoms with Gasteiger partial charge in [-0.3, -0.25) is 4.52 Å². The Labute approximate surface area is 152 Å². The molecule has 0 saturated heterocycles. The van der Waals surface area contributed by atoms with Crippen molar-refractivity contribution in [2.75, 3.05) is 0 Å². The largest absolute Gasteiger partial charge is 0.508 e. The molecule has 2 aromatic carbocycles. The molecule has 3 rings (SSSR count). The average Bonchev–Trinajstić information content (AvgIpc) is 2.77. The third-order valence-electron chi connectivity index (χ3n) is 3.17. The summed E-state index contributed by atoms with van der Waals surface area (Å²) in [5.74, 6) is 0.322. The van der Waals surface area contributed by atoms with Gasteiger partial charge in [-0.25, -0.2) is 4.57 Å². The first-order valence-electron chi connectivity index (χ1n) is 8.27. The van der Waals surface area contributed by atoms with Crippen LogP contribution in [-0.4, -0.2) is 10.7 Å². The molecule has 3 nitrogen and oxygen atoms in total. The van der Waals surface area contributed by atoms with E-state index in [0.717, 1.165) is 11.1 Å². The molecule has 0 fully saturated rings. The van der Waals surface area contributed by atoms with Crippen LogP contribution < -0.4 is 0 Å². The van der Waals surface area contributed by atoms with Crippen LogP contribution in [0, 0.1) is 0 Å². The quantitative estimate of drug-likeness (QED) is 0.623. The second-order valence-electron chi connectivity index (χ2n) is 5.69. The zero-order chi connectivity index (χ0) is 18.5. The summed E-state index contributed by atoms with van der Waals surface area (Å²) in [6, 6.07) is 16.8. The standard InChI is InChI=1S/C12H11O2P.C6H6O.C3H8/c1-12(14-15-13)8-6-10-4-2-3-5-11(10)7-9-12;7-6-4-2-1-3-5-6;1-3-2/h2-9H,1H3;1-5,7H;3H2,1-2H3. The van der Waals surface area contributed by atoms with E-state index in [1.807, 2.05) is 61.6 Å². The molecule has 0 heterocycles. The first kappa shape index (κ1) is 20.8. The zero-order valence-corrected chi connectivity index (χ0v) is 15.8. The van der Waals surface area contributed by atoms with Crippen LogP contribution in [-0.2, 0) is 9.09 Å². The number of fused-ring (bicyclic) bond motifs is 1. The van der Waals surface area contributed by atoms with E-state index >= 15 is 0 Å². The second kappa shape index (κ2) is 11.4. The van der Waals surface area contributed by atoms with Gasteiger partial charge in [0.15, 0.2) is 0 Å². The fraction of sp³-hybridized carbons (Fsp3) is 0.238. The summed E-state index contributed by atoms with van der Waals surface area (Å²) in [6.07, 6.45) is 9.03. The number of hydrogen-bond acceptors (Lipinski definition) is 3. The summed E-state index contributed by atoms with van der Waals surface area (Å²) in [5, 5.41) is 8.63. The summed E-state index contributed by atoms with van der Waals surface area (Å²) in [6.45, 7) is 6.12. The predicted molar refractivity (Wildman–Crippen MR) is 106 cm³/mol. The van der Waals surface area contributed by atoms with Crippen molar-refractivity contribution >= 4 is 20.8 Å². The Bertz CT molecular complexity index is 660. The summed E-state index contributed by atoms with van der Waals surface area (Å²) in [4.78, 5) is 0. The molecule has 0 atom stereocenters. The number of para-hydroxylation sites is 1. The summed E-state index contributed by atoms with van der Waals surface area (Å²) < 4.78 is 15.6. The Morgan fingerprint density at radius 2 is 1.36 bits per heavy atom. The van der Waals surface area contributed by atoms with Crippen molar-refractivity contribution in [1.82, 2.24) is 0 Å². The molecular formula is C21H25O3P. The van der Waals surface area contributed by atoms with Gasteiger partial charge >= 0.3 is 8.69 Å². The van der Waals surface area contributed by atoms with Gasteiger partial charge in [0.1, 0.15) is 11.4 Å². The molecular weight excluding hydrogens is 331 g/mol. The lowest BCUT2D eigenvalue weighted by Crippen LogP contribution is -2.17. The Balaban J connectivity index is 0.000000260. The molecule has 0 amide bonds. The topological polar surface area (TPSA) is 46.5 Å². The normalized spacial score (nSPS) is 13.6. The van der Waals surface area contributed by atoms with Gasteiger partial charge < -0.3 is 5.11 Å². The van der Waals surface area contributed by atoms with Gasteiger partial charge in [0.2, 0.25) is 0 Å². The van der Waals surface area contributed by atoms with Gasteiger partial charge in [-0.15, -0.1) is 0 Å². The minimum atomic E-state index is -0.595. The third-order valence-corrected chi connectivity index (χ3v) is 3.64. The van der Waals surface area contributed by atoms with Crippen molar-refractivity contribution in [2.45, 2.75) is 32.8 Å². The molecule has 0 radical (unpaired) electrons. The summed E-state index contributed by atoms with van der Waals surface area (Å²) >= 11 is 0. The minimum absolute atomic E-state index is 0.303. The van der Waals surface area contributed by atoms with Crippen molar-refractivity contribution in [1.29, 1.82) is 0 Å². The van der Waals surface area contributed by atoms with E-state index in [-0.39, 0.29) is 8.69 Å². The van der Waals surface area contributed by atoms with E-state index in [1.54, 1.807) is 24.3 Å². The van der Waals surface area contributed by atoms with Gasteiger partial charge in [0, 0.05) is 0 Å². The van der Waals surface area contributed by atoms with E-state index in [1.165, 1.54) is 6.42 Å². The van der Waals surface area contributed by atoms with Gasteiger partial charge in [-0.05, 0) is 42.3 Å². The second-order valence-corrected chi connectivity index (χ2v) is 6.02. The Kier molecular flexibility index (Phi) is 9.46. The monoisotopic (exact) mass is 356 g/mol. The molecule has 1 N–H and O–H groups in total. The van der Waals surface area contributed by atoms with E-state index in [0.29, 0.717) is 5.75 Å². The molecule has 25 heavy (non-hydrogen) atoms. The fourth-order valence-corrected chi connectivity index (χ4v) is 2.23. The van der Waals surface area contributed by atoms with Crippen molar-refractivity contribution in [2.24, 2.45) is 0 Å². The number of rotatable bonds is 2. The van der Waals surface area contributed by atoms with Crippen LogP contribution >= 0.6 is 8.69 Å². The maximum absolute atomic E-state index is 10.5. The van der Waals surface area contributed by atoms with Crippen LogP contribution in [0.5, 0.6) is 5.75 Å². The highest BCUT2D eigenvalue weighted by Crippen LogP contribution is 2.27. The maximum atomic E-state index is 10.5. The van der Waals surface area contributed by atoms with Crippen LogP contribution in [0.4, 0.5) is 0 Å².